The van der Waals surface area contributed by atoms with Gasteiger partial charge in [0.15, 0.2) is 9.84 Å². The van der Waals surface area contributed by atoms with Crippen molar-refractivity contribution >= 4 is 15.5 Å². The molecule has 0 saturated carbocycles. The quantitative estimate of drug-likeness (QED) is 0.886. The zero-order valence-electron chi connectivity index (χ0n) is 10.7. The SMILES string of the molecule is Cc1ccc(F)cc1CS(=O)(=O)c1ccc(N)c(F)c1. The second kappa shape index (κ2) is 5.20. The number of sulfone groups is 1. The van der Waals surface area contributed by atoms with Gasteiger partial charge in [0.25, 0.3) is 0 Å². The maximum absolute atomic E-state index is 13.3. The molecule has 0 saturated heterocycles. The van der Waals surface area contributed by atoms with Crippen LogP contribution in [0.4, 0.5) is 14.5 Å². The van der Waals surface area contributed by atoms with Gasteiger partial charge in [0, 0.05) is 0 Å². The predicted octanol–water partition coefficient (Wildman–Crippen LogP) is 2.83. The average molecular weight is 297 g/mol. The molecule has 0 spiro atoms. The van der Waals surface area contributed by atoms with Crippen molar-refractivity contribution in [2.75, 3.05) is 5.73 Å². The fourth-order valence-corrected chi connectivity index (χ4v) is 3.23. The summed E-state index contributed by atoms with van der Waals surface area (Å²) >= 11 is 0. The summed E-state index contributed by atoms with van der Waals surface area (Å²) in [6.07, 6.45) is 0. The maximum Gasteiger partial charge on any atom is 0.182 e. The van der Waals surface area contributed by atoms with Crippen LogP contribution in [-0.4, -0.2) is 8.42 Å². The summed E-state index contributed by atoms with van der Waals surface area (Å²) in [5.74, 6) is -1.69. The van der Waals surface area contributed by atoms with Gasteiger partial charge in [-0.15, -0.1) is 0 Å². The van der Waals surface area contributed by atoms with Gasteiger partial charge in [0.1, 0.15) is 11.6 Å². The third-order valence-electron chi connectivity index (χ3n) is 2.99. The second-order valence-corrected chi connectivity index (χ2v) is 6.50. The Hall–Kier alpha value is -1.95. The Bertz CT molecular complexity index is 758. The van der Waals surface area contributed by atoms with Crippen molar-refractivity contribution in [3.8, 4) is 0 Å². The first-order chi connectivity index (χ1) is 9.29. The largest absolute Gasteiger partial charge is 0.396 e. The fourth-order valence-electron chi connectivity index (χ4n) is 1.78. The number of hydrogen-bond donors (Lipinski definition) is 1. The van der Waals surface area contributed by atoms with Crippen LogP contribution in [0.1, 0.15) is 11.1 Å². The first-order valence-electron chi connectivity index (χ1n) is 5.82. The molecule has 0 unspecified atom stereocenters. The molecule has 0 atom stereocenters. The number of benzene rings is 2. The maximum atomic E-state index is 13.3. The molecule has 0 bridgehead atoms. The van der Waals surface area contributed by atoms with Gasteiger partial charge in [-0.1, -0.05) is 6.07 Å². The van der Waals surface area contributed by atoms with E-state index in [0.29, 0.717) is 11.1 Å². The van der Waals surface area contributed by atoms with Crippen LogP contribution in [0.5, 0.6) is 0 Å². The van der Waals surface area contributed by atoms with Crippen LogP contribution in [-0.2, 0) is 15.6 Å². The minimum absolute atomic E-state index is 0.120. The van der Waals surface area contributed by atoms with E-state index in [1.165, 1.54) is 30.3 Å². The van der Waals surface area contributed by atoms with E-state index in [4.69, 9.17) is 5.73 Å². The summed E-state index contributed by atoms with van der Waals surface area (Å²) in [5, 5.41) is 0. The molecule has 2 aromatic rings. The zero-order chi connectivity index (χ0) is 14.9. The molecule has 0 radical (unpaired) electrons. The van der Waals surface area contributed by atoms with Crippen molar-refractivity contribution in [3.63, 3.8) is 0 Å². The lowest BCUT2D eigenvalue weighted by Crippen LogP contribution is -2.07. The molecule has 2 N–H and O–H groups in total. The van der Waals surface area contributed by atoms with Crippen LogP contribution in [0.2, 0.25) is 0 Å². The van der Waals surface area contributed by atoms with Crippen molar-refractivity contribution in [1.29, 1.82) is 0 Å². The van der Waals surface area contributed by atoms with E-state index in [2.05, 4.69) is 0 Å². The lowest BCUT2D eigenvalue weighted by Gasteiger charge is -2.08. The molecule has 0 aliphatic rings. The highest BCUT2D eigenvalue weighted by Gasteiger charge is 2.18. The van der Waals surface area contributed by atoms with E-state index in [0.717, 1.165) is 6.07 Å². The molecular formula is C14H13F2NO2S. The first kappa shape index (κ1) is 14.5. The summed E-state index contributed by atoms with van der Waals surface area (Å²) in [6, 6.07) is 7.24. The van der Waals surface area contributed by atoms with E-state index < -0.39 is 21.5 Å². The van der Waals surface area contributed by atoms with Gasteiger partial charge >= 0.3 is 0 Å². The normalized spacial score (nSPS) is 11.6. The van der Waals surface area contributed by atoms with Gasteiger partial charge in [-0.2, -0.15) is 0 Å². The van der Waals surface area contributed by atoms with E-state index in [1.54, 1.807) is 6.92 Å². The average Bonchev–Trinajstić information content (AvgIpc) is 2.36. The van der Waals surface area contributed by atoms with Crippen molar-refractivity contribution < 1.29 is 17.2 Å². The van der Waals surface area contributed by atoms with Crippen LogP contribution in [0.25, 0.3) is 0 Å². The van der Waals surface area contributed by atoms with E-state index in [-0.39, 0.29) is 16.3 Å². The van der Waals surface area contributed by atoms with Crippen LogP contribution >= 0.6 is 0 Å². The zero-order valence-corrected chi connectivity index (χ0v) is 11.5. The van der Waals surface area contributed by atoms with Gasteiger partial charge in [-0.3, -0.25) is 0 Å². The molecule has 0 aliphatic heterocycles. The molecule has 2 aromatic carbocycles. The van der Waals surface area contributed by atoms with Gasteiger partial charge in [-0.05, 0) is 48.4 Å². The summed E-state index contributed by atoms with van der Waals surface area (Å²) in [6.45, 7) is 1.69. The number of hydrogen-bond acceptors (Lipinski definition) is 3. The lowest BCUT2D eigenvalue weighted by atomic mass is 10.1. The van der Waals surface area contributed by atoms with Crippen molar-refractivity contribution in [2.45, 2.75) is 17.6 Å². The molecule has 0 aromatic heterocycles. The fraction of sp³-hybridized carbons (Fsp3) is 0.143. The Morgan fingerprint density at radius 1 is 1.10 bits per heavy atom. The molecule has 0 amide bonds. The Kier molecular flexibility index (Phi) is 3.76. The Morgan fingerprint density at radius 2 is 1.80 bits per heavy atom. The van der Waals surface area contributed by atoms with Gasteiger partial charge in [0.2, 0.25) is 0 Å². The number of rotatable bonds is 3. The lowest BCUT2D eigenvalue weighted by molar-refractivity contribution is 0.590. The smallest absolute Gasteiger partial charge is 0.182 e. The van der Waals surface area contributed by atoms with Gasteiger partial charge < -0.3 is 5.73 Å². The molecule has 0 fully saturated rings. The molecule has 2 rings (SSSR count). The highest BCUT2D eigenvalue weighted by molar-refractivity contribution is 7.90. The summed E-state index contributed by atoms with van der Waals surface area (Å²) < 4.78 is 50.9. The van der Waals surface area contributed by atoms with E-state index in [1.807, 2.05) is 0 Å². The number of anilines is 1. The number of halogens is 2. The van der Waals surface area contributed by atoms with Gasteiger partial charge in [-0.25, -0.2) is 17.2 Å². The predicted molar refractivity (Wildman–Crippen MR) is 72.8 cm³/mol. The highest BCUT2D eigenvalue weighted by Crippen LogP contribution is 2.22. The van der Waals surface area contributed by atoms with E-state index >= 15 is 0 Å². The molecular weight excluding hydrogens is 284 g/mol. The number of nitrogens with two attached hydrogens (primary N) is 1. The monoisotopic (exact) mass is 297 g/mol. The van der Waals surface area contributed by atoms with Crippen molar-refractivity contribution in [2.24, 2.45) is 0 Å². The molecule has 6 heteroatoms. The molecule has 20 heavy (non-hydrogen) atoms. The number of aryl methyl sites for hydroxylation is 1. The third kappa shape index (κ3) is 2.96. The Balaban J connectivity index is 2.40. The molecule has 0 heterocycles. The van der Waals surface area contributed by atoms with Gasteiger partial charge in [0.05, 0.1) is 16.3 Å². The highest BCUT2D eigenvalue weighted by atomic mass is 32.2. The first-order valence-corrected chi connectivity index (χ1v) is 7.47. The molecule has 3 nitrogen and oxygen atoms in total. The second-order valence-electron chi connectivity index (χ2n) is 4.51. The van der Waals surface area contributed by atoms with Crippen LogP contribution in [0.3, 0.4) is 0 Å². The van der Waals surface area contributed by atoms with Crippen LogP contribution in [0, 0.1) is 18.6 Å². The summed E-state index contributed by atoms with van der Waals surface area (Å²) in [5.41, 5.74) is 6.20. The van der Waals surface area contributed by atoms with Crippen molar-refractivity contribution in [3.05, 3.63) is 59.2 Å². The number of nitrogen functional groups attached to an aromatic ring is 1. The molecule has 106 valence electrons. The van der Waals surface area contributed by atoms with Crippen molar-refractivity contribution in [1.82, 2.24) is 0 Å². The third-order valence-corrected chi connectivity index (χ3v) is 4.65. The Morgan fingerprint density at radius 3 is 2.45 bits per heavy atom. The van der Waals surface area contributed by atoms with E-state index in [9.17, 15) is 17.2 Å². The van der Waals surface area contributed by atoms with Crippen LogP contribution in [0.15, 0.2) is 41.3 Å². The standard InChI is InChI=1S/C14H13F2NO2S/c1-9-2-3-11(15)6-10(9)8-20(18,19)12-4-5-14(17)13(16)7-12/h2-7H,8,17H2,1H3. The minimum atomic E-state index is -3.75. The summed E-state index contributed by atoms with van der Waals surface area (Å²) in [4.78, 5) is -0.173. The minimum Gasteiger partial charge on any atom is -0.396 e. The van der Waals surface area contributed by atoms with Crippen LogP contribution < -0.4 is 5.73 Å². The Labute approximate surface area is 116 Å². The molecule has 0 aliphatic carbocycles. The summed E-state index contributed by atoms with van der Waals surface area (Å²) in [7, 11) is -3.75. The topological polar surface area (TPSA) is 60.2 Å².